The van der Waals surface area contributed by atoms with Crippen LogP contribution in [0.3, 0.4) is 0 Å². The Labute approximate surface area is 140 Å². The van der Waals surface area contributed by atoms with E-state index in [1.807, 2.05) is 13.0 Å². The van der Waals surface area contributed by atoms with Gasteiger partial charge in [-0.3, -0.25) is 0 Å². The molecule has 2 saturated carbocycles. The van der Waals surface area contributed by atoms with E-state index in [9.17, 15) is 9.59 Å². The predicted octanol–water partition coefficient (Wildman–Crippen LogP) is 4.42. The minimum atomic E-state index is -1.44. The Balaban J connectivity index is 1.67. The second-order valence-corrected chi connectivity index (χ2v) is 14.0. The van der Waals surface area contributed by atoms with Gasteiger partial charge in [-0.15, -0.1) is 0 Å². The van der Waals surface area contributed by atoms with Gasteiger partial charge < -0.3 is 0 Å². The zero-order chi connectivity index (χ0) is 16.4. The number of rotatable bonds is 1. The zero-order valence-corrected chi connectivity index (χ0v) is 15.9. The molecule has 2 unspecified atom stereocenters. The number of Topliss-reactive ketones (excluding diaryl/α,β-unsaturated/α-hetero) is 1. The summed E-state index contributed by atoms with van der Waals surface area (Å²) in [6.07, 6.45) is 11.4. The van der Waals surface area contributed by atoms with Crippen molar-refractivity contribution in [1.82, 2.24) is 0 Å². The van der Waals surface area contributed by atoms with Crippen LogP contribution in [0.5, 0.6) is 0 Å². The van der Waals surface area contributed by atoms with E-state index in [1.54, 1.807) is 5.31 Å². The summed E-state index contributed by atoms with van der Waals surface area (Å²) < 4.78 is 0. The van der Waals surface area contributed by atoms with Crippen molar-refractivity contribution >= 4 is 18.8 Å². The molecule has 4 aliphatic rings. The normalized spacial score (nSPS) is 46.2. The summed E-state index contributed by atoms with van der Waals surface area (Å²) in [5.41, 5.74) is 1.14. The van der Waals surface area contributed by atoms with Crippen LogP contribution in [0, 0.1) is 23.2 Å². The van der Waals surface area contributed by atoms with Crippen LogP contribution >= 0.6 is 7.26 Å². The van der Waals surface area contributed by atoms with Crippen LogP contribution in [0.4, 0.5) is 0 Å². The van der Waals surface area contributed by atoms with Gasteiger partial charge >= 0.3 is 140 Å². The number of hydrogen-bond donors (Lipinski definition) is 0. The van der Waals surface area contributed by atoms with Gasteiger partial charge in [0.05, 0.1) is 0 Å². The SMILES string of the molecule is CC(=O)[C@H]1CCC2[C@@H]3CCC4=CC(=O)CC[PH]4(C)C3CC[C@@]21C. The zero-order valence-electron chi connectivity index (χ0n) is 14.9. The van der Waals surface area contributed by atoms with Crippen molar-refractivity contribution in [3.63, 3.8) is 0 Å². The molecule has 4 rings (SSSR count). The molecule has 0 aromatic carbocycles. The number of fused-ring (bicyclic) bond motifs is 5. The van der Waals surface area contributed by atoms with Gasteiger partial charge in [0.1, 0.15) is 0 Å². The molecule has 2 aliphatic heterocycles. The maximum atomic E-state index is 12.2. The second-order valence-electron chi connectivity index (χ2n) is 9.25. The molecule has 2 aliphatic carbocycles. The van der Waals surface area contributed by atoms with Crippen LogP contribution in [0.25, 0.3) is 0 Å². The first-order valence-electron chi connectivity index (χ1n) is 9.60. The third-order valence-electron chi connectivity index (χ3n) is 8.45. The first kappa shape index (κ1) is 16.0. The van der Waals surface area contributed by atoms with Crippen LogP contribution in [0.1, 0.15) is 58.8 Å². The molecule has 0 N–H and O–H groups in total. The van der Waals surface area contributed by atoms with Crippen molar-refractivity contribution < 1.29 is 9.59 Å². The number of ketones is 2. The molecular weight excluding hydrogens is 303 g/mol. The Kier molecular flexibility index (Phi) is 3.65. The molecule has 1 saturated heterocycles. The predicted molar refractivity (Wildman–Crippen MR) is 97.6 cm³/mol. The quantitative estimate of drug-likeness (QED) is 0.665. The third-order valence-corrected chi connectivity index (χ3v) is 14.0. The van der Waals surface area contributed by atoms with Gasteiger partial charge in [0.2, 0.25) is 0 Å². The molecule has 5 atom stereocenters. The van der Waals surface area contributed by atoms with Gasteiger partial charge in [0.15, 0.2) is 0 Å². The Hall–Kier alpha value is -0.490. The summed E-state index contributed by atoms with van der Waals surface area (Å²) in [7, 11) is -1.44. The van der Waals surface area contributed by atoms with Gasteiger partial charge in [-0.25, -0.2) is 0 Å². The van der Waals surface area contributed by atoms with Crippen molar-refractivity contribution in [1.29, 1.82) is 0 Å². The number of hydrogen-bond acceptors (Lipinski definition) is 2. The summed E-state index contributed by atoms with van der Waals surface area (Å²) in [6.45, 7) is 6.81. The van der Waals surface area contributed by atoms with E-state index in [0.717, 1.165) is 30.3 Å². The standard InChI is InChI=1S/C20H31O2P/c1-13(21)17-6-7-18-16-5-4-15-12-14(22)9-11-23(15,3)19(16)8-10-20(17,18)2/h12,16-19,23H,4-11H2,1-3H3/t16-,17+,18?,19?,20+/m0/s1. The van der Waals surface area contributed by atoms with Gasteiger partial charge in [-0.1, -0.05) is 0 Å². The van der Waals surface area contributed by atoms with E-state index in [1.165, 1.54) is 38.3 Å². The molecular formula is C20H31O2P. The van der Waals surface area contributed by atoms with Gasteiger partial charge in [-0.05, 0) is 0 Å². The summed E-state index contributed by atoms with van der Waals surface area (Å²) in [6, 6.07) is 0. The topological polar surface area (TPSA) is 34.1 Å². The van der Waals surface area contributed by atoms with Crippen LogP contribution < -0.4 is 0 Å². The minimum absolute atomic E-state index is 0.267. The summed E-state index contributed by atoms with van der Waals surface area (Å²) in [5.74, 6) is 2.71. The molecule has 2 nitrogen and oxygen atoms in total. The number of allylic oxidation sites excluding steroid dienone is 2. The van der Waals surface area contributed by atoms with E-state index < -0.39 is 7.26 Å². The van der Waals surface area contributed by atoms with Gasteiger partial charge in [-0.2, -0.15) is 0 Å². The molecule has 2 heterocycles. The fraction of sp³-hybridized carbons (Fsp3) is 0.800. The Bertz CT molecular complexity index is 594. The summed E-state index contributed by atoms with van der Waals surface area (Å²) in [5, 5.41) is 1.58. The van der Waals surface area contributed by atoms with Crippen molar-refractivity contribution in [2.24, 2.45) is 23.2 Å². The van der Waals surface area contributed by atoms with E-state index in [2.05, 4.69) is 13.6 Å². The van der Waals surface area contributed by atoms with Gasteiger partial charge in [0, 0.05) is 0 Å². The average Bonchev–Trinajstić information content (AvgIpc) is 2.85. The van der Waals surface area contributed by atoms with Crippen molar-refractivity contribution in [2.75, 3.05) is 12.8 Å². The van der Waals surface area contributed by atoms with Crippen molar-refractivity contribution in [2.45, 2.75) is 64.5 Å². The van der Waals surface area contributed by atoms with E-state index in [0.29, 0.717) is 17.5 Å². The number of carbonyl (C=O) groups is 2. The summed E-state index contributed by atoms with van der Waals surface area (Å²) >= 11 is 0. The van der Waals surface area contributed by atoms with Crippen LogP contribution in [-0.2, 0) is 9.59 Å². The average molecular weight is 334 g/mol. The molecule has 3 fully saturated rings. The van der Waals surface area contributed by atoms with Crippen LogP contribution in [0.2, 0.25) is 0 Å². The first-order valence-corrected chi connectivity index (χ1v) is 12.4. The monoisotopic (exact) mass is 334 g/mol. The molecule has 0 aromatic heterocycles. The molecule has 23 heavy (non-hydrogen) atoms. The van der Waals surface area contributed by atoms with Crippen LogP contribution in [-0.4, -0.2) is 30.1 Å². The molecule has 0 aromatic rings. The number of carbonyl (C=O) groups excluding carboxylic acids is 2. The van der Waals surface area contributed by atoms with Crippen molar-refractivity contribution in [3.8, 4) is 0 Å². The maximum absolute atomic E-state index is 12.2. The first-order chi connectivity index (χ1) is 10.9. The Morgan fingerprint density at radius 1 is 1.22 bits per heavy atom. The molecule has 0 amide bonds. The second kappa shape index (κ2) is 5.25. The fourth-order valence-corrected chi connectivity index (χ4v) is 12.5. The van der Waals surface area contributed by atoms with E-state index in [-0.39, 0.29) is 5.41 Å². The van der Waals surface area contributed by atoms with Crippen LogP contribution in [0.15, 0.2) is 11.4 Å². The molecule has 128 valence electrons. The third kappa shape index (κ3) is 2.16. The Morgan fingerprint density at radius 3 is 2.74 bits per heavy atom. The van der Waals surface area contributed by atoms with Gasteiger partial charge in [0.25, 0.3) is 0 Å². The summed E-state index contributed by atoms with van der Waals surface area (Å²) in [4.78, 5) is 24.0. The van der Waals surface area contributed by atoms with E-state index >= 15 is 0 Å². The van der Waals surface area contributed by atoms with Crippen molar-refractivity contribution in [3.05, 3.63) is 11.4 Å². The Morgan fingerprint density at radius 2 is 2.00 bits per heavy atom. The molecule has 3 heteroatoms. The molecule has 0 spiro atoms. The molecule has 0 radical (unpaired) electrons. The molecule has 0 bridgehead atoms. The fourth-order valence-electron chi connectivity index (χ4n) is 7.23. The van der Waals surface area contributed by atoms with E-state index in [4.69, 9.17) is 0 Å².